The van der Waals surface area contributed by atoms with Crippen molar-refractivity contribution in [3.63, 3.8) is 0 Å². The van der Waals surface area contributed by atoms with Crippen LogP contribution < -0.4 is 0 Å². The van der Waals surface area contributed by atoms with E-state index < -0.39 is 43.5 Å². The molecule has 14 heavy (non-hydrogen) atoms. The summed E-state index contributed by atoms with van der Waals surface area (Å²) in [7, 11) is 0. The maximum absolute atomic E-state index is 9.29. The van der Waals surface area contributed by atoms with Gasteiger partial charge in [-0.25, -0.2) is 0 Å². The maximum Gasteiger partial charge on any atom is 0.189 e. The first-order valence-electron chi connectivity index (χ1n) is 4.28. The van der Waals surface area contributed by atoms with Crippen LogP contribution >= 0.6 is 0 Å². The fourth-order valence-corrected chi connectivity index (χ4v) is 1.19. The third-order valence-corrected chi connectivity index (χ3v) is 2.79. The largest absolute Gasteiger partial charge is 0.396 e. The predicted octanol–water partition coefficient (Wildman–Crippen LogP) is -2.74. The first kappa shape index (κ1) is 13.8. The Labute approximate surface area is 82.1 Å². The van der Waals surface area contributed by atoms with Crippen molar-refractivity contribution in [2.45, 2.75) is 12.7 Å². The fourth-order valence-electron chi connectivity index (χ4n) is 1.19. The standard InChI is InChI=1S/C8H18O6/c1-6(8(13,14)5-12)7(2-9,3-10)4-11/h6,9-14H,2-5H2,1H3. The summed E-state index contributed by atoms with van der Waals surface area (Å²) in [6, 6.07) is 0. The molecule has 0 amide bonds. The Hall–Kier alpha value is -0.240. The molecule has 0 aliphatic carbocycles. The highest BCUT2D eigenvalue weighted by atomic mass is 16.5. The SMILES string of the molecule is CC(C(O)(O)CO)C(CO)(CO)CO. The van der Waals surface area contributed by atoms with Gasteiger partial charge in [0.1, 0.15) is 0 Å². The molecule has 6 heteroatoms. The van der Waals surface area contributed by atoms with Crippen molar-refractivity contribution in [1.82, 2.24) is 0 Å². The van der Waals surface area contributed by atoms with E-state index in [0.29, 0.717) is 0 Å². The molecule has 0 saturated carbocycles. The van der Waals surface area contributed by atoms with Gasteiger partial charge >= 0.3 is 0 Å². The molecule has 0 aromatic rings. The van der Waals surface area contributed by atoms with Crippen LogP contribution in [0, 0.1) is 11.3 Å². The Balaban J connectivity index is 4.84. The van der Waals surface area contributed by atoms with Crippen molar-refractivity contribution in [2.24, 2.45) is 11.3 Å². The van der Waals surface area contributed by atoms with E-state index in [0.717, 1.165) is 0 Å². The van der Waals surface area contributed by atoms with E-state index in [9.17, 15) is 10.2 Å². The summed E-state index contributed by atoms with van der Waals surface area (Å²) >= 11 is 0. The number of aliphatic hydroxyl groups is 6. The molecule has 0 radical (unpaired) electrons. The molecule has 0 saturated heterocycles. The van der Waals surface area contributed by atoms with Gasteiger partial charge in [0.25, 0.3) is 0 Å². The minimum atomic E-state index is -2.44. The van der Waals surface area contributed by atoms with Crippen molar-refractivity contribution in [3.05, 3.63) is 0 Å². The summed E-state index contributed by atoms with van der Waals surface area (Å²) in [6.45, 7) is -1.44. The normalized spacial score (nSPS) is 15.6. The van der Waals surface area contributed by atoms with Gasteiger partial charge in [0, 0.05) is 11.3 Å². The van der Waals surface area contributed by atoms with Gasteiger partial charge in [-0.3, -0.25) is 0 Å². The molecule has 6 nitrogen and oxygen atoms in total. The second kappa shape index (κ2) is 5.01. The van der Waals surface area contributed by atoms with E-state index in [4.69, 9.17) is 20.4 Å². The topological polar surface area (TPSA) is 121 Å². The molecule has 0 aromatic heterocycles. The molecule has 0 heterocycles. The zero-order chi connectivity index (χ0) is 11.4. The molecule has 1 atom stereocenters. The molecule has 6 N–H and O–H groups in total. The molecule has 0 bridgehead atoms. The minimum absolute atomic E-state index is 0.607. The van der Waals surface area contributed by atoms with Crippen LogP contribution in [0.25, 0.3) is 0 Å². The first-order chi connectivity index (χ1) is 6.40. The average molecular weight is 210 g/mol. The summed E-state index contributed by atoms with van der Waals surface area (Å²) in [5, 5.41) is 54.2. The Kier molecular flexibility index (Phi) is 4.93. The third kappa shape index (κ3) is 2.41. The average Bonchev–Trinajstić information content (AvgIpc) is 2.21. The number of rotatable bonds is 6. The van der Waals surface area contributed by atoms with Gasteiger partial charge in [0.05, 0.1) is 26.4 Å². The van der Waals surface area contributed by atoms with Crippen LogP contribution in [-0.2, 0) is 0 Å². The number of hydrogen-bond acceptors (Lipinski definition) is 6. The molecular weight excluding hydrogens is 192 g/mol. The fraction of sp³-hybridized carbons (Fsp3) is 1.00. The van der Waals surface area contributed by atoms with Crippen LogP contribution in [0.2, 0.25) is 0 Å². The summed E-state index contributed by atoms with van der Waals surface area (Å²) in [5.74, 6) is -3.51. The third-order valence-electron chi connectivity index (χ3n) is 2.79. The van der Waals surface area contributed by atoms with E-state index in [1.54, 1.807) is 0 Å². The maximum atomic E-state index is 9.29. The Morgan fingerprint density at radius 2 is 1.21 bits per heavy atom. The molecule has 0 aliphatic heterocycles. The Morgan fingerprint density at radius 1 is 0.857 bits per heavy atom. The molecule has 0 fully saturated rings. The summed E-state index contributed by atoms with van der Waals surface area (Å²) in [5.41, 5.74) is -1.42. The van der Waals surface area contributed by atoms with Crippen LogP contribution in [-0.4, -0.2) is 62.9 Å². The molecule has 1 unspecified atom stereocenters. The Bertz CT molecular complexity index is 157. The van der Waals surface area contributed by atoms with E-state index >= 15 is 0 Å². The lowest BCUT2D eigenvalue weighted by molar-refractivity contribution is -0.255. The molecule has 0 aromatic carbocycles. The van der Waals surface area contributed by atoms with Gasteiger partial charge in [0.2, 0.25) is 0 Å². The lowest BCUT2D eigenvalue weighted by atomic mass is 9.74. The molecule has 0 rings (SSSR count). The van der Waals surface area contributed by atoms with Gasteiger partial charge < -0.3 is 30.6 Å². The van der Waals surface area contributed by atoms with E-state index in [-0.39, 0.29) is 0 Å². The zero-order valence-electron chi connectivity index (χ0n) is 8.09. The van der Waals surface area contributed by atoms with Crippen molar-refractivity contribution in [2.75, 3.05) is 26.4 Å². The van der Waals surface area contributed by atoms with Crippen LogP contribution in [0.15, 0.2) is 0 Å². The predicted molar refractivity (Wildman–Crippen MR) is 47.1 cm³/mol. The van der Waals surface area contributed by atoms with Crippen molar-refractivity contribution in [1.29, 1.82) is 0 Å². The first-order valence-corrected chi connectivity index (χ1v) is 4.28. The Morgan fingerprint density at radius 3 is 1.43 bits per heavy atom. The molecule has 86 valence electrons. The van der Waals surface area contributed by atoms with Gasteiger partial charge in [-0.1, -0.05) is 6.92 Å². The van der Waals surface area contributed by atoms with Crippen LogP contribution in [0.4, 0.5) is 0 Å². The van der Waals surface area contributed by atoms with E-state index in [1.807, 2.05) is 0 Å². The lowest BCUT2D eigenvalue weighted by Gasteiger charge is -2.40. The van der Waals surface area contributed by atoms with Crippen LogP contribution in [0.5, 0.6) is 0 Å². The lowest BCUT2D eigenvalue weighted by Crippen LogP contribution is -2.53. The van der Waals surface area contributed by atoms with E-state index in [2.05, 4.69) is 0 Å². The van der Waals surface area contributed by atoms with Crippen molar-refractivity contribution in [3.8, 4) is 0 Å². The minimum Gasteiger partial charge on any atom is -0.396 e. The second-order valence-corrected chi connectivity index (χ2v) is 3.60. The van der Waals surface area contributed by atoms with Crippen LogP contribution in [0.3, 0.4) is 0 Å². The summed E-state index contributed by atoms with van der Waals surface area (Å²) in [6.07, 6.45) is 0. The highest BCUT2D eigenvalue weighted by molar-refractivity contribution is 4.89. The van der Waals surface area contributed by atoms with Crippen LogP contribution in [0.1, 0.15) is 6.92 Å². The number of hydrogen-bond donors (Lipinski definition) is 6. The smallest absolute Gasteiger partial charge is 0.189 e. The van der Waals surface area contributed by atoms with Gasteiger partial charge in [-0.05, 0) is 0 Å². The quantitative estimate of drug-likeness (QED) is 0.264. The highest BCUT2D eigenvalue weighted by Crippen LogP contribution is 2.33. The molecular formula is C8H18O6. The summed E-state index contributed by atoms with van der Waals surface area (Å²) in [4.78, 5) is 0. The van der Waals surface area contributed by atoms with Crippen molar-refractivity contribution < 1.29 is 30.6 Å². The molecule has 0 aliphatic rings. The van der Waals surface area contributed by atoms with E-state index in [1.165, 1.54) is 6.92 Å². The number of aliphatic hydroxyl groups excluding tert-OH is 4. The molecule has 0 spiro atoms. The van der Waals surface area contributed by atoms with Gasteiger partial charge in [0.15, 0.2) is 5.79 Å². The second-order valence-electron chi connectivity index (χ2n) is 3.60. The van der Waals surface area contributed by atoms with Crippen molar-refractivity contribution >= 4 is 0 Å². The van der Waals surface area contributed by atoms with Gasteiger partial charge in [-0.15, -0.1) is 0 Å². The summed E-state index contributed by atoms with van der Waals surface area (Å²) < 4.78 is 0. The zero-order valence-corrected chi connectivity index (χ0v) is 8.09. The highest BCUT2D eigenvalue weighted by Gasteiger charge is 2.46. The van der Waals surface area contributed by atoms with Gasteiger partial charge in [-0.2, -0.15) is 0 Å². The monoisotopic (exact) mass is 210 g/mol.